The molecule has 1 N–H and O–H groups in total. The van der Waals surface area contributed by atoms with Crippen LogP contribution in [0.15, 0.2) is 85.1 Å². The van der Waals surface area contributed by atoms with E-state index in [1.54, 1.807) is 6.20 Å². The second-order valence-corrected chi connectivity index (χ2v) is 8.42. The van der Waals surface area contributed by atoms with Crippen LogP contribution >= 0.6 is 0 Å². The van der Waals surface area contributed by atoms with Crippen molar-refractivity contribution in [3.63, 3.8) is 0 Å². The van der Waals surface area contributed by atoms with E-state index >= 15 is 0 Å². The molecule has 0 bridgehead atoms. The minimum atomic E-state index is -0.447. The molecular formula is C28H24N2O3. The first-order valence-electron chi connectivity index (χ1n) is 11.1. The quantitative estimate of drug-likeness (QED) is 0.411. The SMILES string of the molecule is Cc1cccc(C2CC(Cc3ccccc3)C(=O)O2)c1C(=O)Nc1cccc2cccnc12. The number of amides is 1. The molecular weight excluding hydrogens is 412 g/mol. The Morgan fingerprint density at radius 2 is 1.79 bits per heavy atom. The van der Waals surface area contributed by atoms with Gasteiger partial charge in [-0.1, -0.05) is 66.7 Å². The number of hydrogen-bond acceptors (Lipinski definition) is 4. The molecule has 4 aromatic rings. The van der Waals surface area contributed by atoms with Gasteiger partial charge in [-0.3, -0.25) is 14.6 Å². The molecule has 1 fully saturated rings. The average molecular weight is 437 g/mol. The lowest BCUT2D eigenvalue weighted by Gasteiger charge is -2.17. The number of para-hydroxylation sites is 1. The number of pyridine rings is 1. The Morgan fingerprint density at radius 3 is 2.64 bits per heavy atom. The number of aromatic nitrogens is 1. The fraction of sp³-hybridized carbons (Fsp3) is 0.179. The van der Waals surface area contributed by atoms with E-state index in [0.717, 1.165) is 27.6 Å². The fourth-order valence-electron chi connectivity index (χ4n) is 4.55. The summed E-state index contributed by atoms with van der Waals surface area (Å²) in [5, 5.41) is 3.98. The molecule has 1 aliphatic heterocycles. The molecule has 2 heterocycles. The van der Waals surface area contributed by atoms with Crippen molar-refractivity contribution >= 4 is 28.5 Å². The Morgan fingerprint density at radius 1 is 1.00 bits per heavy atom. The van der Waals surface area contributed by atoms with Gasteiger partial charge in [0, 0.05) is 29.1 Å². The molecule has 1 amide bonds. The molecule has 33 heavy (non-hydrogen) atoms. The summed E-state index contributed by atoms with van der Waals surface area (Å²) in [7, 11) is 0. The number of nitrogens with one attached hydrogen (secondary N) is 1. The van der Waals surface area contributed by atoms with E-state index in [1.807, 2.05) is 85.8 Å². The summed E-state index contributed by atoms with van der Waals surface area (Å²) in [5.74, 6) is -0.671. The summed E-state index contributed by atoms with van der Waals surface area (Å²) in [4.78, 5) is 30.5. The van der Waals surface area contributed by atoms with Gasteiger partial charge >= 0.3 is 5.97 Å². The van der Waals surface area contributed by atoms with Crippen LogP contribution in [0.3, 0.4) is 0 Å². The molecule has 0 radical (unpaired) electrons. The molecule has 2 atom stereocenters. The van der Waals surface area contributed by atoms with Crippen molar-refractivity contribution in [3.8, 4) is 0 Å². The summed E-state index contributed by atoms with van der Waals surface area (Å²) >= 11 is 0. The third-order valence-electron chi connectivity index (χ3n) is 6.18. The van der Waals surface area contributed by atoms with E-state index in [0.29, 0.717) is 24.1 Å². The fourth-order valence-corrected chi connectivity index (χ4v) is 4.55. The first-order chi connectivity index (χ1) is 16.1. The highest BCUT2D eigenvalue weighted by Crippen LogP contribution is 2.37. The van der Waals surface area contributed by atoms with Crippen LogP contribution in [0.2, 0.25) is 0 Å². The largest absolute Gasteiger partial charge is 0.457 e. The zero-order valence-electron chi connectivity index (χ0n) is 18.3. The third kappa shape index (κ3) is 4.22. The van der Waals surface area contributed by atoms with Gasteiger partial charge in [-0.2, -0.15) is 0 Å². The Labute approximate surface area is 192 Å². The van der Waals surface area contributed by atoms with E-state index in [-0.39, 0.29) is 17.8 Å². The number of carbonyl (C=O) groups is 2. The number of carbonyl (C=O) groups excluding carboxylic acids is 2. The molecule has 1 aliphatic rings. The second-order valence-electron chi connectivity index (χ2n) is 8.42. The molecule has 164 valence electrons. The minimum absolute atomic E-state index is 0.213. The Hall–Kier alpha value is -3.99. The van der Waals surface area contributed by atoms with Crippen LogP contribution in [0.1, 0.15) is 39.6 Å². The maximum atomic E-state index is 13.4. The molecule has 5 nitrogen and oxygen atoms in total. The zero-order valence-corrected chi connectivity index (χ0v) is 18.3. The predicted molar refractivity (Wildman–Crippen MR) is 128 cm³/mol. The molecule has 1 aromatic heterocycles. The maximum absolute atomic E-state index is 13.4. The molecule has 1 saturated heterocycles. The van der Waals surface area contributed by atoms with Gasteiger partial charge in [-0.15, -0.1) is 0 Å². The molecule has 2 unspecified atom stereocenters. The third-order valence-corrected chi connectivity index (χ3v) is 6.18. The van der Waals surface area contributed by atoms with Crippen molar-refractivity contribution < 1.29 is 14.3 Å². The van der Waals surface area contributed by atoms with E-state index in [1.165, 1.54) is 0 Å². The number of anilines is 1. The summed E-state index contributed by atoms with van der Waals surface area (Å²) in [6.45, 7) is 1.90. The number of cyclic esters (lactones) is 1. The van der Waals surface area contributed by atoms with Crippen molar-refractivity contribution in [1.82, 2.24) is 4.98 Å². The lowest BCUT2D eigenvalue weighted by molar-refractivity contribution is -0.144. The lowest BCUT2D eigenvalue weighted by Crippen LogP contribution is -2.18. The van der Waals surface area contributed by atoms with E-state index in [4.69, 9.17) is 4.74 Å². The number of nitrogens with zero attached hydrogens (tertiary/aromatic N) is 1. The highest BCUT2D eigenvalue weighted by atomic mass is 16.6. The number of rotatable bonds is 5. The van der Waals surface area contributed by atoms with Crippen LogP contribution in [-0.2, 0) is 16.0 Å². The molecule has 0 aliphatic carbocycles. The van der Waals surface area contributed by atoms with Crippen LogP contribution in [-0.4, -0.2) is 16.9 Å². The highest BCUT2D eigenvalue weighted by Gasteiger charge is 2.37. The van der Waals surface area contributed by atoms with Crippen LogP contribution in [0, 0.1) is 12.8 Å². The number of hydrogen-bond donors (Lipinski definition) is 1. The van der Waals surface area contributed by atoms with Crippen LogP contribution in [0.4, 0.5) is 5.69 Å². The number of aryl methyl sites for hydroxylation is 1. The Balaban J connectivity index is 1.42. The van der Waals surface area contributed by atoms with E-state index in [9.17, 15) is 9.59 Å². The van der Waals surface area contributed by atoms with Crippen LogP contribution in [0.25, 0.3) is 10.9 Å². The summed E-state index contributed by atoms with van der Waals surface area (Å²) in [5.41, 5.74) is 4.61. The molecule has 0 spiro atoms. The van der Waals surface area contributed by atoms with E-state index < -0.39 is 6.10 Å². The van der Waals surface area contributed by atoms with Crippen molar-refractivity contribution in [1.29, 1.82) is 0 Å². The van der Waals surface area contributed by atoms with Crippen molar-refractivity contribution in [2.45, 2.75) is 25.9 Å². The second kappa shape index (κ2) is 8.87. The van der Waals surface area contributed by atoms with Crippen LogP contribution in [0.5, 0.6) is 0 Å². The predicted octanol–water partition coefficient (Wildman–Crippen LogP) is 5.64. The first-order valence-corrected chi connectivity index (χ1v) is 11.1. The monoisotopic (exact) mass is 436 g/mol. The minimum Gasteiger partial charge on any atom is -0.457 e. The summed E-state index contributed by atoms with van der Waals surface area (Å²) in [6, 6.07) is 25.1. The lowest BCUT2D eigenvalue weighted by atomic mass is 9.90. The number of fused-ring (bicyclic) bond motifs is 1. The highest BCUT2D eigenvalue weighted by molar-refractivity contribution is 6.10. The standard InChI is InChI=1S/C28H24N2O3/c1-18-8-5-13-22(24-17-21(28(32)33-24)16-19-9-3-2-4-10-19)25(18)27(31)30-23-14-6-11-20-12-7-15-29-26(20)23/h2-15,21,24H,16-17H2,1H3,(H,30,31). The zero-order chi connectivity index (χ0) is 22.8. The van der Waals surface area contributed by atoms with Crippen molar-refractivity contribution in [2.24, 2.45) is 5.92 Å². The van der Waals surface area contributed by atoms with Gasteiger partial charge in [0.2, 0.25) is 0 Å². The van der Waals surface area contributed by atoms with Crippen molar-refractivity contribution in [3.05, 3.63) is 107 Å². The van der Waals surface area contributed by atoms with Gasteiger partial charge in [0.15, 0.2) is 0 Å². The maximum Gasteiger partial charge on any atom is 0.310 e. The van der Waals surface area contributed by atoms with E-state index in [2.05, 4.69) is 10.3 Å². The number of esters is 1. The Bertz CT molecular complexity index is 1330. The summed E-state index contributed by atoms with van der Waals surface area (Å²) in [6.07, 6.45) is 2.44. The topological polar surface area (TPSA) is 68.3 Å². The van der Waals surface area contributed by atoms with Crippen LogP contribution < -0.4 is 5.32 Å². The van der Waals surface area contributed by atoms with Gasteiger partial charge in [0.05, 0.1) is 17.1 Å². The van der Waals surface area contributed by atoms with Crippen molar-refractivity contribution in [2.75, 3.05) is 5.32 Å². The smallest absolute Gasteiger partial charge is 0.310 e. The first kappa shape index (κ1) is 20.9. The number of ether oxygens (including phenoxy) is 1. The molecule has 0 saturated carbocycles. The molecule has 5 rings (SSSR count). The van der Waals surface area contributed by atoms with Gasteiger partial charge < -0.3 is 10.1 Å². The van der Waals surface area contributed by atoms with Gasteiger partial charge in [0.25, 0.3) is 5.91 Å². The Kier molecular flexibility index (Phi) is 5.61. The van der Waals surface area contributed by atoms with Gasteiger partial charge in [-0.05, 0) is 36.6 Å². The van der Waals surface area contributed by atoms with Gasteiger partial charge in [0.1, 0.15) is 6.10 Å². The number of benzene rings is 3. The molecule has 3 aromatic carbocycles. The normalized spacial score (nSPS) is 17.7. The average Bonchev–Trinajstić information content (AvgIpc) is 3.19. The summed E-state index contributed by atoms with van der Waals surface area (Å²) < 4.78 is 5.77. The molecule has 5 heteroatoms. The van der Waals surface area contributed by atoms with Gasteiger partial charge in [-0.25, -0.2) is 0 Å².